The molecule has 2 aromatic carbocycles. The molecule has 0 saturated carbocycles. The minimum atomic E-state index is 0.457. The number of para-hydroxylation sites is 1. The maximum atomic E-state index is 6.49. The van der Waals surface area contributed by atoms with Gasteiger partial charge < -0.3 is 9.15 Å². The van der Waals surface area contributed by atoms with Crippen LogP contribution in [0, 0.1) is 0 Å². The number of rotatable bonds is 6. The van der Waals surface area contributed by atoms with Crippen LogP contribution < -0.4 is 4.74 Å². The molecular weight excluding hydrogens is 388 g/mol. The average Bonchev–Trinajstić information content (AvgIpc) is 3.26. The number of thioether (sulfide) groups is 1. The molecule has 4 aromatic rings. The minimum absolute atomic E-state index is 0.457. The summed E-state index contributed by atoms with van der Waals surface area (Å²) < 4.78 is 12.6. The van der Waals surface area contributed by atoms with E-state index in [2.05, 4.69) is 16.3 Å². The molecule has 0 aliphatic heterocycles. The highest BCUT2D eigenvalue weighted by Crippen LogP contribution is 2.39. The van der Waals surface area contributed by atoms with Gasteiger partial charge in [0.2, 0.25) is 0 Å². The van der Waals surface area contributed by atoms with Crippen LogP contribution in [0.25, 0.3) is 21.5 Å². The average molecular weight is 403 g/mol. The third-order valence-electron chi connectivity index (χ3n) is 3.75. The zero-order chi connectivity index (χ0) is 17.9. The van der Waals surface area contributed by atoms with E-state index in [9.17, 15) is 0 Å². The molecule has 0 N–H and O–H groups in total. The minimum Gasteiger partial charge on any atom is -0.493 e. The molecule has 0 amide bonds. The highest BCUT2D eigenvalue weighted by molar-refractivity contribution is 7.98. The summed E-state index contributed by atoms with van der Waals surface area (Å²) in [6.07, 6.45) is 0. The first-order chi connectivity index (χ1) is 12.8. The van der Waals surface area contributed by atoms with E-state index in [1.165, 1.54) is 16.5 Å². The quantitative estimate of drug-likeness (QED) is 0.354. The van der Waals surface area contributed by atoms with Crippen molar-refractivity contribution in [2.24, 2.45) is 0 Å². The third kappa shape index (κ3) is 3.45. The molecule has 0 aliphatic rings. The highest BCUT2D eigenvalue weighted by Gasteiger charge is 2.15. The van der Waals surface area contributed by atoms with Gasteiger partial charge in [-0.1, -0.05) is 53.7 Å². The van der Waals surface area contributed by atoms with Crippen molar-refractivity contribution in [2.45, 2.75) is 17.9 Å². The largest absolute Gasteiger partial charge is 0.493 e. The Labute approximate surface area is 164 Å². The summed E-state index contributed by atoms with van der Waals surface area (Å²) in [6.45, 7) is 2.53. The molecule has 4 nitrogen and oxygen atoms in total. The standard InChI is InChI=1S/C19H15ClN2O2S2/c1-2-23-14-9-5-3-7-12(14)18-21-22-19(24-18)25-11-16-17(20)13-8-4-6-10-15(13)26-16/h3-10H,2,11H2,1H3. The van der Waals surface area contributed by atoms with E-state index in [1.807, 2.05) is 49.4 Å². The fourth-order valence-corrected chi connectivity index (χ4v) is 5.01. The summed E-state index contributed by atoms with van der Waals surface area (Å²) in [6, 6.07) is 15.8. The predicted octanol–water partition coefficient (Wildman–Crippen LogP) is 6.30. The fourth-order valence-electron chi connectivity index (χ4n) is 2.59. The SMILES string of the molecule is CCOc1ccccc1-c1nnc(SCc2sc3ccccc3c2Cl)o1. The zero-order valence-corrected chi connectivity index (χ0v) is 16.3. The van der Waals surface area contributed by atoms with Gasteiger partial charge in [0.05, 0.1) is 17.2 Å². The van der Waals surface area contributed by atoms with Crippen LogP contribution >= 0.6 is 34.7 Å². The second kappa shape index (κ2) is 7.70. The molecule has 4 rings (SSSR count). The van der Waals surface area contributed by atoms with Crippen molar-refractivity contribution in [3.8, 4) is 17.2 Å². The molecular formula is C19H15ClN2O2S2. The molecule has 0 atom stereocenters. The molecule has 7 heteroatoms. The van der Waals surface area contributed by atoms with E-state index < -0.39 is 0 Å². The Balaban J connectivity index is 1.53. The van der Waals surface area contributed by atoms with Crippen LogP contribution in [0.4, 0.5) is 0 Å². The Morgan fingerprint density at radius 3 is 2.77 bits per heavy atom. The number of fused-ring (bicyclic) bond motifs is 1. The molecule has 0 radical (unpaired) electrons. The summed E-state index contributed by atoms with van der Waals surface area (Å²) in [4.78, 5) is 1.10. The van der Waals surface area contributed by atoms with Gasteiger partial charge in [-0.15, -0.1) is 21.5 Å². The Morgan fingerprint density at radius 1 is 1.12 bits per heavy atom. The van der Waals surface area contributed by atoms with Crippen molar-refractivity contribution in [3.63, 3.8) is 0 Å². The van der Waals surface area contributed by atoms with Crippen LogP contribution in [0.3, 0.4) is 0 Å². The van der Waals surface area contributed by atoms with Crippen molar-refractivity contribution in [3.05, 3.63) is 58.4 Å². The normalized spacial score (nSPS) is 11.2. The zero-order valence-electron chi connectivity index (χ0n) is 13.9. The molecule has 0 saturated heterocycles. The first kappa shape index (κ1) is 17.4. The second-order valence-electron chi connectivity index (χ2n) is 5.43. The number of hydrogen-bond donors (Lipinski definition) is 0. The Hall–Kier alpha value is -2.02. The number of nitrogens with zero attached hydrogens (tertiary/aromatic N) is 2. The number of hydrogen-bond acceptors (Lipinski definition) is 6. The van der Waals surface area contributed by atoms with E-state index in [4.69, 9.17) is 20.8 Å². The number of ether oxygens (including phenoxy) is 1. The topological polar surface area (TPSA) is 48.2 Å². The van der Waals surface area contributed by atoms with Gasteiger partial charge in [0, 0.05) is 20.7 Å². The van der Waals surface area contributed by atoms with Gasteiger partial charge >= 0.3 is 0 Å². The van der Waals surface area contributed by atoms with Gasteiger partial charge in [-0.05, 0) is 25.1 Å². The lowest BCUT2D eigenvalue weighted by Crippen LogP contribution is -1.93. The monoisotopic (exact) mass is 402 g/mol. The molecule has 0 spiro atoms. The van der Waals surface area contributed by atoms with Crippen molar-refractivity contribution in [2.75, 3.05) is 6.61 Å². The molecule has 132 valence electrons. The lowest BCUT2D eigenvalue weighted by atomic mass is 10.2. The Kier molecular flexibility index (Phi) is 5.15. The van der Waals surface area contributed by atoms with E-state index in [1.54, 1.807) is 11.3 Å². The number of halogens is 1. The van der Waals surface area contributed by atoms with Gasteiger partial charge in [0.25, 0.3) is 11.1 Å². The van der Waals surface area contributed by atoms with Crippen LogP contribution in [-0.2, 0) is 5.75 Å². The van der Waals surface area contributed by atoms with Crippen LogP contribution in [0.2, 0.25) is 5.02 Å². The van der Waals surface area contributed by atoms with Crippen molar-refractivity contribution < 1.29 is 9.15 Å². The van der Waals surface area contributed by atoms with Gasteiger partial charge in [-0.3, -0.25) is 0 Å². The Bertz CT molecular complexity index is 1040. The number of thiophene rings is 1. The summed E-state index contributed by atoms with van der Waals surface area (Å²) in [5.74, 6) is 1.88. The maximum absolute atomic E-state index is 6.49. The van der Waals surface area contributed by atoms with Crippen LogP contribution in [0.1, 0.15) is 11.8 Å². The predicted molar refractivity (Wildman–Crippen MR) is 107 cm³/mol. The van der Waals surface area contributed by atoms with Crippen LogP contribution in [-0.4, -0.2) is 16.8 Å². The van der Waals surface area contributed by atoms with Gasteiger partial charge in [0.1, 0.15) is 5.75 Å². The highest BCUT2D eigenvalue weighted by atomic mass is 35.5. The van der Waals surface area contributed by atoms with E-state index in [-0.39, 0.29) is 0 Å². The maximum Gasteiger partial charge on any atom is 0.277 e. The second-order valence-corrected chi connectivity index (χ2v) is 7.87. The molecule has 2 heterocycles. The lowest BCUT2D eigenvalue weighted by Gasteiger charge is -2.05. The van der Waals surface area contributed by atoms with E-state index >= 15 is 0 Å². The van der Waals surface area contributed by atoms with Gasteiger partial charge in [-0.25, -0.2) is 0 Å². The molecule has 0 aliphatic carbocycles. The van der Waals surface area contributed by atoms with Crippen molar-refractivity contribution >= 4 is 44.8 Å². The van der Waals surface area contributed by atoms with Crippen molar-refractivity contribution in [1.82, 2.24) is 10.2 Å². The third-order valence-corrected chi connectivity index (χ3v) is 6.49. The fraction of sp³-hybridized carbons (Fsp3) is 0.158. The number of benzene rings is 2. The Morgan fingerprint density at radius 2 is 1.92 bits per heavy atom. The van der Waals surface area contributed by atoms with Crippen LogP contribution in [0.5, 0.6) is 5.75 Å². The smallest absolute Gasteiger partial charge is 0.277 e. The summed E-state index contributed by atoms with van der Waals surface area (Å²) in [7, 11) is 0. The van der Waals surface area contributed by atoms with E-state index in [0.29, 0.717) is 23.5 Å². The molecule has 0 fully saturated rings. The summed E-state index contributed by atoms with van der Waals surface area (Å²) in [5.41, 5.74) is 0.800. The first-order valence-electron chi connectivity index (χ1n) is 8.10. The lowest BCUT2D eigenvalue weighted by molar-refractivity contribution is 0.340. The van der Waals surface area contributed by atoms with Crippen LogP contribution in [0.15, 0.2) is 58.2 Å². The summed E-state index contributed by atoms with van der Waals surface area (Å²) >= 11 is 9.67. The van der Waals surface area contributed by atoms with E-state index in [0.717, 1.165) is 26.6 Å². The van der Waals surface area contributed by atoms with Gasteiger partial charge in [-0.2, -0.15) is 0 Å². The molecule has 26 heavy (non-hydrogen) atoms. The van der Waals surface area contributed by atoms with Gasteiger partial charge in [0.15, 0.2) is 0 Å². The summed E-state index contributed by atoms with van der Waals surface area (Å²) in [5, 5.41) is 10.7. The molecule has 0 unspecified atom stereocenters. The number of aromatic nitrogens is 2. The molecule has 0 bridgehead atoms. The molecule has 2 aromatic heterocycles. The van der Waals surface area contributed by atoms with Crippen molar-refractivity contribution in [1.29, 1.82) is 0 Å². The first-order valence-corrected chi connectivity index (χ1v) is 10.3.